The molecule has 1 fully saturated rings. The Morgan fingerprint density at radius 3 is 2.41 bits per heavy atom. The monoisotopic (exact) mass is 363 g/mol. The highest BCUT2D eigenvalue weighted by Gasteiger charge is 2.21. The molecule has 2 aromatic carbocycles. The molecule has 0 saturated carbocycles. The smallest absolute Gasteiger partial charge is 0.251 e. The molecule has 2 N–H and O–H groups in total. The first-order chi connectivity index (χ1) is 13.2. The van der Waals surface area contributed by atoms with Crippen LogP contribution in [0.5, 0.6) is 0 Å². The molecule has 0 aromatic heterocycles. The first-order valence-electron chi connectivity index (χ1n) is 9.45. The molecular formula is C22H25N3O2. The molecule has 2 aromatic rings. The van der Waals surface area contributed by atoms with Gasteiger partial charge in [0.05, 0.1) is 18.2 Å². The lowest BCUT2D eigenvalue weighted by molar-refractivity contribution is 0.0849. The maximum Gasteiger partial charge on any atom is 0.251 e. The number of carbonyl (C=O) groups excluding carboxylic acids is 1. The Bertz CT molecular complexity index is 794. The second-order valence-electron chi connectivity index (χ2n) is 6.89. The van der Waals surface area contributed by atoms with E-state index in [1.165, 1.54) is 6.42 Å². The zero-order valence-electron chi connectivity index (χ0n) is 15.4. The summed E-state index contributed by atoms with van der Waals surface area (Å²) in [7, 11) is 0. The van der Waals surface area contributed by atoms with Crippen LogP contribution in [0.25, 0.3) is 11.1 Å². The summed E-state index contributed by atoms with van der Waals surface area (Å²) < 4.78 is 0. The van der Waals surface area contributed by atoms with Crippen molar-refractivity contribution in [2.24, 2.45) is 0 Å². The molecule has 0 unspecified atom stereocenters. The average molecular weight is 363 g/mol. The second-order valence-corrected chi connectivity index (χ2v) is 6.89. The van der Waals surface area contributed by atoms with Crippen molar-refractivity contribution in [2.75, 3.05) is 26.2 Å². The third-order valence-electron chi connectivity index (χ3n) is 5.14. The van der Waals surface area contributed by atoms with Gasteiger partial charge in [0.2, 0.25) is 0 Å². The van der Waals surface area contributed by atoms with Crippen molar-refractivity contribution < 1.29 is 9.90 Å². The molecule has 1 amide bonds. The number of nitriles is 1. The minimum absolute atomic E-state index is 0.0843. The normalized spacial score (nSPS) is 17.3. The van der Waals surface area contributed by atoms with Crippen molar-refractivity contribution in [1.82, 2.24) is 10.2 Å². The first-order valence-corrected chi connectivity index (χ1v) is 9.45. The summed E-state index contributed by atoms with van der Waals surface area (Å²) in [5.74, 6) is -0.0843. The molecule has 0 aliphatic carbocycles. The number of amides is 1. The van der Waals surface area contributed by atoms with Crippen molar-refractivity contribution in [2.45, 2.75) is 25.3 Å². The van der Waals surface area contributed by atoms with E-state index in [9.17, 15) is 9.90 Å². The Balaban J connectivity index is 1.53. The SMILES string of the molecule is N#Cc1ccc(-c2ccc(C(=O)NCCN3CCCC[C@@H]3CO)cc2)cc1. The summed E-state index contributed by atoms with van der Waals surface area (Å²) in [6.45, 7) is 2.51. The van der Waals surface area contributed by atoms with Crippen LogP contribution in [0.4, 0.5) is 0 Å². The fourth-order valence-electron chi connectivity index (χ4n) is 3.53. The van der Waals surface area contributed by atoms with Gasteiger partial charge in [0, 0.05) is 24.7 Å². The molecule has 1 aliphatic heterocycles. The molecule has 0 spiro atoms. The molecule has 1 atom stereocenters. The van der Waals surface area contributed by atoms with Gasteiger partial charge in [-0.25, -0.2) is 0 Å². The van der Waals surface area contributed by atoms with Crippen LogP contribution in [0.2, 0.25) is 0 Å². The van der Waals surface area contributed by atoms with Crippen molar-refractivity contribution >= 4 is 5.91 Å². The number of aliphatic hydroxyl groups is 1. The van der Waals surface area contributed by atoms with E-state index in [0.29, 0.717) is 17.7 Å². The van der Waals surface area contributed by atoms with E-state index in [1.807, 2.05) is 36.4 Å². The fourth-order valence-corrected chi connectivity index (χ4v) is 3.53. The number of hydrogen-bond acceptors (Lipinski definition) is 4. The Labute approximate surface area is 160 Å². The lowest BCUT2D eigenvalue weighted by Crippen LogP contribution is -2.45. The predicted molar refractivity (Wildman–Crippen MR) is 105 cm³/mol. The third-order valence-corrected chi connectivity index (χ3v) is 5.14. The fraction of sp³-hybridized carbons (Fsp3) is 0.364. The molecule has 140 valence electrons. The van der Waals surface area contributed by atoms with E-state index < -0.39 is 0 Å². The van der Waals surface area contributed by atoms with Gasteiger partial charge in [0.1, 0.15) is 0 Å². The number of carbonyl (C=O) groups is 1. The molecular weight excluding hydrogens is 338 g/mol. The maximum absolute atomic E-state index is 12.4. The molecule has 0 bridgehead atoms. The van der Waals surface area contributed by atoms with E-state index in [0.717, 1.165) is 37.1 Å². The zero-order valence-corrected chi connectivity index (χ0v) is 15.4. The number of hydrogen-bond donors (Lipinski definition) is 2. The van der Waals surface area contributed by atoms with Crippen LogP contribution in [0.1, 0.15) is 35.2 Å². The van der Waals surface area contributed by atoms with E-state index in [-0.39, 0.29) is 18.6 Å². The molecule has 0 radical (unpaired) electrons. The van der Waals surface area contributed by atoms with Gasteiger partial charge in [0.25, 0.3) is 5.91 Å². The Hall–Kier alpha value is -2.68. The van der Waals surface area contributed by atoms with E-state index in [2.05, 4.69) is 16.3 Å². The summed E-state index contributed by atoms with van der Waals surface area (Å²) in [5.41, 5.74) is 3.29. The molecule has 1 saturated heterocycles. The highest BCUT2D eigenvalue weighted by molar-refractivity contribution is 5.94. The number of piperidine rings is 1. The molecule has 3 rings (SSSR count). The molecule has 5 heteroatoms. The summed E-state index contributed by atoms with van der Waals surface area (Å²) in [6, 6.07) is 17.2. The highest BCUT2D eigenvalue weighted by Crippen LogP contribution is 2.20. The van der Waals surface area contributed by atoms with Crippen LogP contribution in [-0.2, 0) is 0 Å². The van der Waals surface area contributed by atoms with Crippen molar-refractivity contribution in [1.29, 1.82) is 5.26 Å². The Kier molecular flexibility index (Phi) is 6.59. The van der Waals surface area contributed by atoms with Crippen LogP contribution in [0.3, 0.4) is 0 Å². The minimum atomic E-state index is -0.0843. The van der Waals surface area contributed by atoms with Gasteiger partial charge in [-0.2, -0.15) is 5.26 Å². The Morgan fingerprint density at radius 2 is 1.78 bits per heavy atom. The Morgan fingerprint density at radius 1 is 1.11 bits per heavy atom. The summed E-state index contributed by atoms with van der Waals surface area (Å²) >= 11 is 0. The van der Waals surface area contributed by atoms with Crippen LogP contribution >= 0.6 is 0 Å². The van der Waals surface area contributed by atoms with E-state index >= 15 is 0 Å². The largest absolute Gasteiger partial charge is 0.395 e. The van der Waals surface area contributed by atoms with Crippen molar-refractivity contribution in [3.63, 3.8) is 0 Å². The molecule has 1 aliphatic rings. The lowest BCUT2D eigenvalue weighted by Gasteiger charge is -2.34. The van der Waals surface area contributed by atoms with Gasteiger partial charge in [-0.15, -0.1) is 0 Å². The molecule has 27 heavy (non-hydrogen) atoms. The van der Waals surface area contributed by atoms with Gasteiger partial charge in [-0.3, -0.25) is 9.69 Å². The number of nitrogens with zero attached hydrogens (tertiary/aromatic N) is 2. The van der Waals surface area contributed by atoms with Crippen molar-refractivity contribution in [3.05, 3.63) is 59.7 Å². The van der Waals surface area contributed by atoms with Crippen LogP contribution in [-0.4, -0.2) is 48.2 Å². The average Bonchev–Trinajstić information content (AvgIpc) is 2.74. The molecule has 1 heterocycles. The third kappa shape index (κ3) is 4.94. The van der Waals surface area contributed by atoms with Crippen LogP contribution in [0.15, 0.2) is 48.5 Å². The van der Waals surface area contributed by atoms with Gasteiger partial charge >= 0.3 is 0 Å². The number of nitrogens with one attached hydrogen (secondary N) is 1. The summed E-state index contributed by atoms with van der Waals surface area (Å²) in [5, 5.41) is 21.3. The zero-order chi connectivity index (χ0) is 19.1. The van der Waals surface area contributed by atoms with E-state index in [4.69, 9.17) is 5.26 Å². The maximum atomic E-state index is 12.4. The van der Waals surface area contributed by atoms with Crippen LogP contribution < -0.4 is 5.32 Å². The van der Waals surface area contributed by atoms with Crippen LogP contribution in [0, 0.1) is 11.3 Å². The second kappa shape index (κ2) is 9.31. The number of rotatable bonds is 6. The molecule has 5 nitrogen and oxygen atoms in total. The summed E-state index contributed by atoms with van der Waals surface area (Å²) in [6.07, 6.45) is 3.35. The van der Waals surface area contributed by atoms with E-state index in [1.54, 1.807) is 12.1 Å². The first kappa shape index (κ1) is 19.1. The topological polar surface area (TPSA) is 76.4 Å². The van der Waals surface area contributed by atoms with Gasteiger partial charge < -0.3 is 10.4 Å². The lowest BCUT2D eigenvalue weighted by atomic mass is 10.0. The van der Waals surface area contributed by atoms with Gasteiger partial charge in [-0.1, -0.05) is 30.7 Å². The van der Waals surface area contributed by atoms with Crippen molar-refractivity contribution in [3.8, 4) is 17.2 Å². The predicted octanol–water partition coefficient (Wildman–Crippen LogP) is 2.80. The number of benzene rings is 2. The van der Waals surface area contributed by atoms with Gasteiger partial charge in [-0.05, 0) is 54.8 Å². The number of aliphatic hydroxyl groups excluding tert-OH is 1. The minimum Gasteiger partial charge on any atom is -0.395 e. The van der Waals surface area contributed by atoms with Gasteiger partial charge in [0.15, 0.2) is 0 Å². The number of likely N-dealkylation sites (tertiary alicyclic amines) is 1. The standard InChI is InChI=1S/C22H25N3O2/c23-15-17-4-6-18(7-5-17)19-8-10-20(11-9-19)22(27)24-12-14-25-13-2-1-3-21(25)16-26/h4-11,21,26H,1-3,12-14,16H2,(H,24,27)/t21-/m1/s1. The summed E-state index contributed by atoms with van der Waals surface area (Å²) in [4.78, 5) is 14.6. The highest BCUT2D eigenvalue weighted by atomic mass is 16.3. The quantitative estimate of drug-likeness (QED) is 0.827.